The minimum Gasteiger partial charge on any atom is -0.478 e. The second-order valence-corrected chi connectivity index (χ2v) is 6.83. The molecule has 2 aromatic rings. The number of hydrogen-bond donors (Lipinski definition) is 2. The van der Waals surface area contributed by atoms with E-state index in [9.17, 15) is 4.79 Å². The average Bonchev–Trinajstić information content (AvgIpc) is 3.21. The number of nitrogens with zero attached hydrogens (tertiary/aromatic N) is 3. The highest BCUT2D eigenvalue weighted by Gasteiger charge is 2.47. The van der Waals surface area contributed by atoms with E-state index in [2.05, 4.69) is 15.0 Å². The summed E-state index contributed by atoms with van der Waals surface area (Å²) in [5.41, 5.74) is 7.19. The van der Waals surface area contributed by atoms with Gasteiger partial charge in [0.15, 0.2) is 5.82 Å². The third-order valence-electron chi connectivity index (χ3n) is 5.07. The fourth-order valence-electron chi connectivity index (χ4n) is 3.15. The summed E-state index contributed by atoms with van der Waals surface area (Å²) in [7, 11) is 0. The van der Waals surface area contributed by atoms with Gasteiger partial charge in [-0.2, -0.15) is 4.98 Å². The Bertz CT molecular complexity index is 745. The van der Waals surface area contributed by atoms with Crippen LogP contribution in [0.15, 0.2) is 28.8 Å². The normalized spacial score (nSPS) is 19.9. The smallest absolute Gasteiger partial charge is 0.335 e. The van der Waals surface area contributed by atoms with Crippen molar-refractivity contribution in [1.82, 2.24) is 15.0 Å². The summed E-state index contributed by atoms with van der Waals surface area (Å²) in [5.74, 6) is 0.853. The van der Waals surface area contributed by atoms with E-state index in [0.717, 1.165) is 43.9 Å². The third kappa shape index (κ3) is 2.70. The van der Waals surface area contributed by atoms with Gasteiger partial charge in [-0.25, -0.2) is 4.79 Å². The van der Waals surface area contributed by atoms with Gasteiger partial charge in [-0.3, -0.25) is 4.90 Å². The van der Waals surface area contributed by atoms with Gasteiger partial charge in [0.25, 0.3) is 0 Å². The first-order chi connectivity index (χ1) is 11.6. The van der Waals surface area contributed by atoms with Crippen LogP contribution in [0.25, 0.3) is 0 Å². The van der Waals surface area contributed by atoms with Gasteiger partial charge in [0.05, 0.1) is 11.5 Å². The van der Waals surface area contributed by atoms with Crippen LogP contribution in [0.3, 0.4) is 0 Å². The number of rotatable bonds is 6. The molecule has 1 saturated carbocycles. The van der Waals surface area contributed by atoms with Crippen LogP contribution in [0.5, 0.6) is 0 Å². The Morgan fingerprint density at radius 2 is 2.04 bits per heavy atom. The summed E-state index contributed by atoms with van der Waals surface area (Å²) in [6.45, 7) is 3.12. The van der Waals surface area contributed by atoms with Crippen LogP contribution >= 0.6 is 0 Å². The second kappa shape index (κ2) is 5.68. The first kappa shape index (κ1) is 15.3. The van der Waals surface area contributed by atoms with Crippen molar-refractivity contribution in [1.29, 1.82) is 0 Å². The molecule has 7 heteroatoms. The van der Waals surface area contributed by atoms with Gasteiger partial charge in [0.2, 0.25) is 5.89 Å². The minimum absolute atomic E-state index is 0.0307. The number of aromatic carboxylic acids is 1. The molecule has 0 amide bonds. The summed E-state index contributed by atoms with van der Waals surface area (Å²) in [5, 5.41) is 13.0. The van der Waals surface area contributed by atoms with Gasteiger partial charge < -0.3 is 15.4 Å². The van der Waals surface area contributed by atoms with Crippen molar-refractivity contribution < 1.29 is 14.4 Å². The van der Waals surface area contributed by atoms with E-state index in [1.54, 1.807) is 12.1 Å². The lowest BCUT2D eigenvalue weighted by molar-refractivity contribution is 0.0697. The number of carbonyl (C=O) groups is 1. The molecule has 1 aromatic carbocycles. The molecule has 4 rings (SSSR count). The molecule has 1 aliphatic carbocycles. The number of hydrogen-bond acceptors (Lipinski definition) is 6. The standard InChI is InChI=1S/C17H20N4O3/c18-10-17(5-6-17)16-19-14(24-20-16)13-8-21(9-13)7-11-1-3-12(4-2-11)15(22)23/h1-4,13H,5-10,18H2,(H,22,23). The summed E-state index contributed by atoms with van der Waals surface area (Å²) >= 11 is 0. The largest absolute Gasteiger partial charge is 0.478 e. The van der Waals surface area contributed by atoms with Gasteiger partial charge in [0.1, 0.15) is 0 Å². The van der Waals surface area contributed by atoms with Crippen molar-refractivity contribution in [3.63, 3.8) is 0 Å². The van der Waals surface area contributed by atoms with Crippen LogP contribution in [0, 0.1) is 0 Å². The van der Waals surface area contributed by atoms with E-state index in [1.807, 2.05) is 12.1 Å². The molecular formula is C17H20N4O3. The quantitative estimate of drug-likeness (QED) is 0.824. The van der Waals surface area contributed by atoms with E-state index in [-0.39, 0.29) is 11.3 Å². The Kier molecular flexibility index (Phi) is 3.62. The predicted molar refractivity (Wildman–Crippen MR) is 85.7 cm³/mol. The van der Waals surface area contributed by atoms with Crippen molar-refractivity contribution >= 4 is 5.97 Å². The molecule has 7 nitrogen and oxygen atoms in total. The maximum absolute atomic E-state index is 10.9. The second-order valence-electron chi connectivity index (χ2n) is 6.83. The highest BCUT2D eigenvalue weighted by atomic mass is 16.5. The zero-order chi connectivity index (χ0) is 16.7. The van der Waals surface area contributed by atoms with E-state index in [1.165, 1.54) is 0 Å². The van der Waals surface area contributed by atoms with Crippen molar-refractivity contribution in [2.24, 2.45) is 5.73 Å². The van der Waals surface area contributed by atoms with E-state index in [4.69, 9.17) is 15.4 Å². The number of nitrogens with two attached hydrogens (primary N) is 1. The molecule has 0 unspecified atom stereocenters. The van der Waals surface area contributed by atoms with E-state index >= 15 is 0 Å². The number of likely N-dealkylation sites (tertiary alicyclic amines) is 1. The molecule has 126 valence electrons. The number of aromatic nitrogens is 2. The van der Waals surface area contributed by atoms with Crippen LogP contribution in [-0.4, -0.2) is 45.8 Å². The molecule has 1 aliphatic heterocycles. The molecule has 24 heavy (non-hydrogen) atoms. The molecule has 3 N–H and O–H groups in total. The first-order valence-electron chi connectivity index (χ1n) is 8.18. The predicted octanol–water partition coefficient (Wildman–Crippen LogP) is 1.36. The molecule has 0 bridgehead atoms. The van der Waals surface area contributed by atoms with Crippen LogP contribution in [-0.2, 0) is 12.0 Å². The SMILES string of the molecule is NCC1(c2noc(C3CN(Cc4ccc(C(=O)O)cc4)C3)n2)CC1. The molecular weight excluding hydrogens is 308 g/mol. The zero-order valence-electron chi connectivity index (χ0n) is 13.3. The van der Waals surface area contributed by atoms with Gasteiger partial charge in [-0.1, -0.05) is 17.3 Å². The first-order valence-corrected chi connectivity index (χ1v) is 8.18. The van der Waals surface area contributed by atoms with Crippen molar-refractivity contribution in [3.8, 4) is 0 Å². The Morgan fingerprint density at radius 1 is 1.33 bits per heavy atom. The van der Waals surface area contributed by atoms with Crippen molar-refractivity contribution in [2.75, 3.05) is 19.6 Å². The highest BCUT2D eigenvalue weighted by Crippen LogP contribution is 2.46. The highest BCUT2D eigenvalue weighted by molar-refractivity contribution is 5.87. The summed E-state index contributed by atoms with van der Waals surface area (Å²) in [6.07, 6.45) is 2.09. The van der Waals surface area contributed by atoms with Crippen LogP contribution in [0.2, 0.25) is 0 Å². The molecule has 2 heterocycles. The molecule has 0 spiro atoms. The lowest BCUT2D eigenvalue weighted by atomic mass is 9.98. The van der Waals surface area contributed by atoms with Crippen LogP contribution in [0.1, 0.15) is 46.4 Å². The molecule has 2 fully saturated rings. The summed E-state index contributed by atoms with van der Waals surface area (Å²) < 4.78 is 5.43. The van der Waals surface area contributed by atoms with Crippen LogP contribution < -0.4 is 5.73 Å². The molecule has 0 atom stereocenters. The monoisotopic (exact) mass is 328 g/mol. The summed E-state index contributed by atoms with van der Waals surface area (Å²) in [6, 6.07) is 7.00. The Balaban J connectivity index is 1.32. The van der Waals surface area contributed by atoms with E-state index < -0.39 is 5.97 Å². The summed E-state index contributed by atoms with van der Waals surface area (Å²) in [4.78, 5) is 17.7. The molecule has 2 aliphatic rings. The topological polar surface area (TPSA) is 105 Å². The molecule has 1 saturated heterocycles. The number of benzene rings is 1. The fourth-order valence-corrected chi connectivity index (χ4v) is 3.15. The zero-order valence-corrected chi connectivity index (χ0v) is 13.3. The molecule has 1 aromatic heterocycles. The number of carboxylic acids is 1. The Morgan fingerprint density at radius 3 is 2.62 bits per heavy atom. The lowest BCUT2D eigenvalue weighted by Gasteiger charge is -2.37. The third-order valence-corrected chi connectivity index (χ3v) is 5.07. The molecule has 0 radical (unpaired) electrons. The van der Waals surface area contributed by atoms with Gasteiger partial charge in [0, 0.05) is 31.6 Å². The lowest BCUT2D eigenvalue weighted by Crippen LogP contribution is -2.44. The maximum Gasteiger partial charge on any atom is 0.335 e. The van der Waals surface area contributed by atoms with Crippen molar-refractivity contribution in [3.05, 3.63) is 47.1 Å². The Hall–Kier alpha value is -2.25. The van der Waals surface area contributed by atoms with Crippen LogP contribution in [0.4, 0.5) is 0 Å². The maximum atomic E-state index is 10.9. The van der Waals surface area contributed by atoms with Gasteiger partial charge in [-0.15, -0.1) is 0 Å². The van der Waals surface area contributed by atoms with E-state index in [0.29, 0.717) is 18.0 Å². The number of carboxylic acid groups (broad SMARTS) is 1. The average molecular weight is 328 g/mol. The fraction of sp³-hybridized carbons (Fsp3) is 0.471. The van der Waals surface area contributed by atoms with Crippen molar-refractivity contribution in [2.45, 2.75) is 30.7 Å². The Labute approximate surface area is 139 Å². The van der Waals surface area contributed by atoms with Gasteiger partial charge in [-0.05, 0) is 30.5 Å². The minimum atomic E-state index is -0.899. The van der Waals surface area contributed by atoms with Gasteiger partial charge >= 0.3 is 5.97 Å².